The predicted molar refractivity (Wildman–Crippen MR) is 148 cm³/mol. The van der Waals surface area contributed by atoms with Crippen LogP contribution in [0.1, 0.15) is 64.2 Å². The van der Waals surface area contributed by atoms with Crippen molar-refractivity contribution in [3.05, 3.63) is 30.3 Å². The topological polar surface area (TPSA) is 113 Å². The van der Waals surface area contributed by atoms with Crippen LogP contribution in [0.15, 0.2) is 30.3 Å². The summed E-state index contributed by atoms with van der Waals surface area (Å²) in [6.45, 7) is 1.87. The Labute approximate surface area is 241 Å². The number of para-hydroxylation sites is 1. The molecule has 0 N–H and O–H groups in total. The Morgan fingerprint density at radius 2 is 1.75 bits per heavy atom. The highest BCUT2D eigenvalue weighted by Gasteiger charge is 2.45. The third kappa shape index (κ3) is 10.6. The summed E-state index contributed by atoms with van der Waals surface area (Å²) in [5.41, 5.74) is 0. The van der Waals surface area contributed by atoms with E-state index in [1.165, 1.54) is 0 Å². The molecule has 1 aliphatic carbocycles. The number of carbonyl (C=O) groups excluding carboxylic acids is 2. The smallest absolute Gasteiger partial charge is 0.158 e. The fourth-order valence-corrected chi connectivity index (χ4v) is 6.28. The zero-order valence-corrected chi connectivity index (χ0v) is 24.1. The van der Waals surface area contributed by atoms with Gasteiger partial charge in [0, 0.05) is 31.5 Å². The van der Waals surface area contributed by atoms with Crippen LogP contribution in [0.4, 0.5) is 0 Å². The molecule has 6 unspecified atom stereocenters. The van der Waals surface area contributed by atoms with Gasteiger partial charge in [-0.3, -0.25) is 4.79 Å². The van der Waals surface area contributed by atoms with Gasteiger partial charge in [0.05, 0.1) is 18.8 Å². The number of benzene rings is 1. The molecule has 0 bridgehead atoms. The fourth-order valence-electron chi connectivity index (χ4n) is 5.31. The summed E-state index contributed by atoms with van der Waals surface area (Å²) in [5, 5.41) is 10.7. The van der Waals surface area contributed by atoms with Crippen LogP contribution >= 0.6 is 11.8 Å². The van der Waals surface area contributed by atoms with E-state index in [2.05, 4.69) is 0 Å². The first-order valence-electron chi connectivity index (χ1n) is 14.7. The van der Waals surface area contributed by atoms with Crippen molar-refractivity contribution in [3.8, 4) is 5.75 Å². The van der Waals surface area contributed by atoms with Crippen LogP contribution in [0.3, 0.4) is 0 Å². The van der Waals surface area contributed by atoms with Gasteiger partial charge in [-0.25, -0.2) is 0 Å². The summed E-state index contributed by atoms with van der Waals surface area (Å²) in [6, 6.07) is 9.59. The van der Waals surface area contributed by atoms with Crippen molar-refractivity contribution in [1.82, 2.24) is 0 Å². The van der Waals surface area contributed by atoms with Crippen LogP contribution in [0, 0.1) is 5.92 Å². The Bertz CT molecular complexity index is 873. The second-order valence-electron chi connectivity index (χ2n) is 10.6. The largest absolute Gasteiger partial charge is 0.550 e. The van der Waals surface area contributed by atoms with Crippen molar-refractivity contribution in [3.63, 3.8) is 0 Å². The van der Waals surface area contributed by atoms with Gasteiger partial charge in [-0.15, -0.1) is 0 Å². The summed E-state index contributed by atoms with van der Waals surface area (Å²) in [7, 11) is 0. The van der Waals surface area contributed by atoms with E-state index in [1.54, 1.807) is 11.8 Å². The second-order valence-corrected chi connectivity index (χ2v) is 11.8. The van der Waals surface area contributed by atoms with E-state index >= 15 is 0 Å². The maximum atomic E-state index is 13.1. The molecule has 0 amide bonds. The average Bonchev–Trinajstić information content (AvgIpc) is 3.26. The normalized spacial score (nSPS) is 27.9. The Morgan fingerprint density at radius 3 is 2.45 bits per heavy atom. The lowest BCUT2D eigenvalue weighted by atomic mass is 10.0. The lowest BCUT2D eigenvalue weighted by Gasteiger charge is -2.32. The van der Waals surface area contributed by atoms with Crippen molar-refractivity contribution < 1.29 is 43.1 Å². The van der Waals surface area contributed by atoms with E-state index in [0.29, 0.717) is 44.8 Å². The van der Waals surface area contributed by atoms with Gasteiger partial charge in [-0.1, -0.05) is 18.2 Å². The van der Waals surface area contributed by atoms with Gasteiger partial charge in [-0.05, 0) is 81.4 Å². The molecule has 3 fully saturated rings. The number of carboxylic acid groups (broad SMARTS) is 1. The first-order valence-corrected chi connectivity index (χ1v) is 15.9. The highest BCUT2D eigenvalue weighted by atomic mass is 32.2. The number of aliphatic carboxylic acids is 1. The number of hydrogen-bond acceptors (Lipinski definition) is 10. The SMILES string of the molecule is O=C([O-])CCCSCCC1C(=O)CC(OC2CCCCO2)C1OCC(COc1ccccc1)OC1CCCCO1. The van der Waals surface area contributed by atoms with Gasteiger partial charge < -0.3 is 38.3 Å². The minimum atomic E-state index is -1.03. The van der Waals surface area contributed by atoms with Gasteiger partial charge in [0.15, 0.2) is 12.6 Å². The van der Waals surface area contributed by atoms with Gasteiger partial charge in [0.1, 0.15) is 24.2 Å². The number of thioether (sulfide) groups is 1. The van der Waals surface area contributed by atoms with Crippen molar-refractivity contribution >= 4 is 23.5 Å². The maximum Gasteiger partial charge on any atom is 0.158 e. The van der Waals surface area contributed by atoms with Crippen LogP contribution in [0.25, 0.3) is 0 Å². The number of Topliss-reactive ketones (excluding diaryl/α,β-unsaturated/α-hetero) is 1. The molecule has 9 nitrogen and oxygen atoms in total. The highest BCUT2D eigenvalue weighted by Crippen LogP contribution is 2.34. The fraction of sp³-hybridized carbons (Fsp3) is 0.733. The molecule has 0 radical (unpaired) electrons. The second kappa shape index (κ2) is 17.3. The monoisotopic (exact) mass is 579 g/mol. The molecule has 0 spiro atoms. The summed E-state index contributed by atoms with van der Waals surface area (Å²) >= 11 is 1.65. The van der Waals surface area contributed by atoms with Crippen molar-refractivity contribution in [2.45, 2.75) is 95.1 Å². The Morgan fingerprint density at radius 1 is 1.00 bits per heavy atom. The van der Waals surface area contributed by atoms with E-state index in [-0.39, 0.29) is 49.5 Å². The molecule has 1 aromatic rings. The Kier molecular flexibility index (Phi) is 13.5. The molecule has 40 heavy (non-hydrogen) atoms. The first kappa shape index (κ1) is 31.3. The molecule has 1 aromatic carbocycles. The van der Waals surface area contributed by atoms with Crippen molar-refractivity contribution in [2.24, 2.45) is 5.92 Å². The standard InChI is InChI=1S/C30H44O9S/c31-25-19-26(39-29-13-5-7-16-35-29)30(24(25)14-18-40-17-8-11-27(32)33)37-21-23(38-28-12-4-6-15-34-28)20-36-22-9-2-1-3-10-22/h1-3,9-10,23-24,26,28-30H,4-8,11-21H2,(H,32,33)/p-1. The van der Waals surface area contributed by atoms with Crippen molar-refractivity contribution in [1.29, 1.82) is 0 Å². The molecule has 10 heteroatoms. The lowest BCUT2D eigenvalue weighted by molar-refractivity contribution is -0.305. The molecular weight excluding hydrogens is 536 g/mol. The zero-order chi connectivity index (χ0) is 28.0. The molecule has 3 aliphatic rings. The van der Waals surface area contributed by atoms with Crippen LogP contribution in [-0.2, 0) is 33.3 Å². The van der Waals surface area contributed by atoms with Crippen LogP contribution < -0.4 is 9.84 Å². The molecule has 0 aromatic heterocycles. The zero-order valence-electron chi connectivity index (χ0n) is 23.2. The number of hydrogen-bond donors (Lipinski definition) is 0. The van der Waals surface area contributed by atoms with E-state index in [9.17, 15) is 14.7 Å². The molecule has 1 saturated carbocycles. The van der Waals surface area contributed by atoms with Crippen LogP contribution in [0.2, 0.25) is 0 Å². The van der Waals surface area contributed by atoms with E-state index in [1.807, 2.05) is 30.3 Å². The first-order chi connectivity index (χ1) is 19.6. The predicted octanol–water partition coefficient (Wildman–Crippen LogP) is 3.52. The number of carboxylic acids is 1. The molecular formula is C30H43O9S-. The quantitative estimate of drug-likeness (QED) is 0.254. The minimum absolute atomic E-state index is 0.0511. The van der Waals surface area contributed by atoms with Gasteiger partial charge in [0.2, 0.25) is 0 Å². The summed E-state index contributed by atoms with van der Waals surface area (Å²) in [4.78, 5) is 23.8. The minimum Gasteiger partial charge on any atom is -0.550 e. The van der Waals surface area contributed by atoms with E-state index in [0.717, 1.165) is 50.0 Å². The Hall–Kier alpha value is -1.69. The molecule has 6 atom stereocenters. The molecule has 2 saturated heterocycles. The van der Waals surface area contributed by atoms with Gasteiger partial charge in [-0.2, -0.15) is 11.8 Å². The van der Waals surface area contributed by atoms with Crippen molar-refractivity contribution in [2.75, 3.05) is 37.9 Å². The summed E-state index contributed by atoms with van der Waals surface area (Å²) in [6.07, 6.45) is 5.51. The molecule has 4 rings (SSSR count). The molecule has 224 valence electrons. The highest BCUT2D eigenvalue weighted by molar-refractivity contribution is 7.99. The summed E-state index contributed by atoms with van der Waals surface area (Å²) < 4.78 is 36.7. The average molecular weight is 580 g/mol. The van der Waals surface area contributed by atoms with Gasteiger partial charge >= 0.3 is 0 Å². The number of rotatable bonds is 17. The molecule has 2 heterocycles. The third-order valence-corrected chi connectivity index (χ3v) is 8.52. The number of ketones is 1. The maximum absolute atomic E-state index is 13.1. The Balaban J connectivity index is 1.37. The van der Waals surface area contributed by atoms with Crippen LogP contribution in [0.5, 0.6) is 5.75 Å². The summed E-state index contributed by atoms with van der Waals surface area (Å²) in [5.74, 6) is 1.00. The van der Waals surface area contributed by atoms with Crippen LogP contribution in [-0.4, -0.2) is 80.6 Å². The lowest BCUT2D eigenvalue weighted by Crippen LogP contribution is -2.40. The molecule has 2 aliphatic heterocycles. The van der Waals surface area contributed by atoms with E-state index in [4.69, 9.17) is 28.4 Å². The number of ether oxygens (including phenoxy) is 6. The van der Waals surface area contributed by atoms with E-state index < -0.39 is 12.1 Å². The van der Waals surface area contributed by atoms with Gasteiger partial charge in [0.25, 0.3) is 0 Å². The number of carbonyl (C=O) groups is 2. The third-order valence-electron chi connectivity index (χ3n) is 7.42.